The maximum atomic E-state index is 12.4. The van der Waals surface area contributed by atoms with E-state index in [2.05, 4.69) is 43.0 Å². The lowest BCUT2D eigenvalue weighted by Crippen LogP contribution is -2.27. The first kappa shape index (κ1) is 15.6. The third kappa shape index (κ3) is 3.88. The van der Waals surface area contributed by atoms with E-state index < -0.39 is 0 Å². The molecule has 0 aromatic carbocycles. The van der Waals surface area contributed by atoms with Crippen LogP contribution in [0.1, 0.15) is 60.4 Å². The Bertz CT molecular complexity index is 601. The van der Waals surface area contributed by atoms with Crippen molar-refractivity contribution < 1.29 is 4.79 Å². The number of nitrogens with one attached hydrogen (secondary N) is 1. The molecule has 0 radical (unpaired) electrons. The highest BCUT2D eigenvalue weighted by atomic mass is 32.1. The lowest BCUT2D eigenvalue weighted by molar-refractivity contribution is 0.0939. The van der Waals surface area contributed by atoms with Crippen LogP contribution in [0, 0.1) is 0 Å². The molecular formula is C16H21N3OS. The maximum absolute atomic E-state index is 12.4. The summed E-state index contributed by atoms with van der Waals surface area (Å²) in [6.45, 7) is 8.34. The quantitative estimate of drug-likeness (QED) is 0.936. The fraction of sp³-hybridized carbons (Fsp3) is 0.438. The SMILES string of the molecule is CC[C@@H](NC(=O)c1cnc(C(C)(C)C)s1)c1ccncc1. The number of pyridine rings is 1. The zero-order valence-corrected chi connectivity index (χ0v) is 13.7. The lowest BCUT2D eigenvalue weighted by Gasteiger charge is -2.16. The van der Waals surface area contributed by atoms with Gasteiger partial charge in [0.1, 0.15) is 4.88 Å². The number of carbonyl (C=O) groups excluding carboxylic acids is 1. The van der Waals surface area contributed by atoms with Gasteiger partial charge in [-0.3, -0.25) is 9.78 Å². The Kier molecular flexibility index (Phi) is 4.73. The minimum atomic E-state index is -0.0633. The van der Waals surface area contributed by atoms with E-state index in [0.29, 0.717) is 4.88 Å². The number of thiazole rings is 1. The van der Waals surface area contributed by atoms with Crippen molar-refractivity contribution in [2.75, 3.05) is 0 Å². The van der Waals surface area contributed by atoms with E-state index in [1.165, 1.54) is 11.3 Å². The third-order valence-corrected chi connectivity index (χ3v) is 4.61. The van der Waals surface area contributed by atoms with Crippen LogP contribution in [0.25, 0.3) is 0 Å². The Hall–Kier alpha value is -1.75. The Morgan fingerprint density at radius 2 is 2.00 bits per heavy atom. The zero-order chi connectivity index (χ0) is 15.5. The lowest BCUT2D eigenvalue weighted by atomic mass is 9.98. The molecule has 0 unspecified atom stereocenters. The summed E-state index contributed by atoms with van der Waals surface area (Å²) in [5, 5.41) is 4.04. The van der Waals surface area contributed by atoms with Crippen molar-refractivity contribution in [3.8, 4) is 0 Å². The van der Waals surface area contributed by atoms with Crippen LogP contribution in [-0.2, 0) is 5.41 Å². The molecule has 0 saturated carbocycles. The number of hydrogen-bond acceptors (Lipinski definition) is 4. The molecule has 0 saturated heterocycles. The topological polar surface area (TPSA) is 54.9 Å². The van der Waals surface area contributed by atoms with Crippen LogP contribution in [0.3, 0.4) is 0 Å². The van der Waals surface area contributed by atoms with Gasteiger partial charge in [0.25, 0.3) is 5.91 Å². The van der Waals surface area contributed by atoms with Crippen LogP contribution in [0.4, 0.5) is 0 Å². The van der Waals surface area contributed by atoms with Gasteiger partial charge in [0.05, 0.1) is 17.2 Å². The summed E-state index contributed by atoms with van der Waals surface area (Å²) < 4.78 is 0. The maximum Gasteiger partial charge on any atom is 0.263 e. The normalized spacial score (nSPS) is 13.0. The molecule has 112 valence electrons. The molecule has 0 fully saturated rings. The number of aromatic nitrogens is 2. The van der Waals surface area contributed by atoms with Gasteiger partial charge in [0.15, 0.2) is 0 Å². The van der Waals surface area contributed by atoms with E-state index in [4.69, 9.17) is 0 Å². The molecule has 2 aromatic heterocycles. The molecule has 0 aliphatic rings. The predicted molar refractivity (Wildman–Crippen MR) is 85.5 cm³/mol. The standard InChI is InChI=1S/C16H21N3OS/c1-5-12(11-6-8-17-9-7-11)19-14(20)13-10-18-15(21-13)16(2,3)4/h6-10,12H,5H2,1-4H3,(H,19,20)/t12-/m1/s1. The molecule has 0 aliphatic carbocycles. The van der Waals surface area contributed by atoms with Crippen molar-refractivity contribution in [2.45, 2.75) is 45.6 Å². The van der Waals surface area contributed by atoms with Crippen molar-refractivity contribution >= 4 is 17.2 Å². The third-order valence-electron chi connectivity index (χ3n) is 3.19. The highest BCUT2D eigenvalue weighted by Gasteiger charge is 2.21. The van der Waals surface area contributed by atoms with Crippen LogP contribution >= 0.6 is 11.3 Å². The fourth-order valence-electron chi connectivity index (χ4n) is 1.97. The molecule has 21 heavy (non-hydrogen) atoms. The Labute approximate surface area is 129 Å². The molecule has 1 atom stereocenters. The molecule has 0 aliphatic heterocycles. The molecule has 2 aromatic rings. The van der Waals surface area contributed by atoms with Crippen molar-refractivity contribution in [3.63, 3.8) is 0 Å². The van der Waals surface area contributed by atoms with Crippen molar-refractivity contribution in [1.29, 1.82) is 0 Å². The smallest absolute Gasteiger partial charge is 0.263 e. The van der Waals surface area contributed by atoms with Gasteiger partial charge >= 0.3 is 0 Å². The molecular weight excluding hydrogens is 282 g/mol. The Morgan fingerprint density at radius 1 is 1.33 bits per heavy atom. The fourth-order valence-corrected chi connectivity index (χ4v) is 2.85. The number of nitrogens with zero attached hydrogens (tertiary/aromatic N) is 2. The van der Waals surface area contributed by atoms with Gasteiger partial charge in [-0.15, -0.1) is 11.3 Å². The molecule has 1 amide bonds. The highest BCUT2D eigenvalue weighted by Crippen LogP contribution is 2.27. The van der Waals surface area contributed by atoms with Gasteiger partial charge in [-0.25, -0.2) is 4.98 Å². The van der Waals surface area contributed by atoms with E-state index in [1.807, 2.05) is 12.1 Å². The van der Waals surface area contributed by atoms with Gasteiger partial charge in [0, 0.05) is 17.8 Å². The number of hydrogen-bond donors (Lipinski definition) is 1. The summed E-state index contributed by atoms with van der Waals surface area (Å²) in [5.74, 6) is -0.0633. The van der Waals surface area contributed by atoms with Crippen LogP contribution in [-0.4, -0.2) is 15.9 Å². The van der Waals surface area contributed by atoms with E-state index in [-0.39, 0.29) is 17.4 Å². The molecule has 5 heteroatoms. The van der Waals surface area contributed by atoms with Gasteiger partial charge in [-0.2, -0.15) is 0 Å². The summed E-state index contributed by atoms with van der Waals surface area (Å²) in [6, 6.07) is 3.87. The minimum absolute atomic E-state index is 0.000636. The van der Waals surface area contributed by atoms with E-state index in [9.17, 15) is 4.79 Å². The van der Waals surface area contributed by atoms with E-state index in [0.717, 1.165) is 17.0 Å². The van der Waals surface area contributed by atoms with Gasteiger partial charge < -0.3 is 5.32 Å². The van der Waals surface area contributed by atoms with Crippen LogP contribution in [0.2, 0.25) is 0 Å². The van der Waals surface area contributed by atoms with Gasteiger partial charge in [-0.05, 0) is 24.1 Å². The summed E-state index contributed by atoms with van der Waals surface area (Å²) in [6.07, 6.45) is 5.99. The van der Waals surface area contributed by atoms with E-state index in [1.54, 1.807) is 18.6 Å². The summed E-state index contributed by atoms with van der Waals surface area (Å²) in [7, 11) is 0. The van der Waals surface area contributed by atoms with Gasteiger partial charge in [0.2, 0.25) is 0 Å². The molecule has 0 bridgehead atoms. The monoisotopic (exact) mass is 303 g/mol. The molecule has 4 nitrogen and oxygen atoms in total. The number of amides is 1. The second-order valence-corrected chi connectivity index (χ2v) is 7.03. The van der Waals surface area contributed by atoms with E-state index >= 15 is 0 Å². The van der Waals surface area contributed by atoms with Crippen molar-refractivity contribution in [3.05, 3.63) is 46.2 Å². The van der Waals surface area contributed by atoms with Gasteiger partial charge in [-0.1, -0.05) is 27.7 Å². The van der Waals surface area contributed by atoms with Crippen molar-refractivity contribution in [1.82, 2.24) is 15.3 Å². The van der Waals surface area contributed by atoms with Crippen molar-refractivity contribution in [2.24, 2.45) is 0 Å². The predicted octanol–water partition coefficient (Wildman–Crippen LogP) is 3.72. The zero-order valence-electron chi connectivity index (χ0n) is 12.9. The summed E-state index contributed by atoms with van der Waals surface area (Å²) in [4.78, 5) is 21.4. The summed E-state index contributed by atoms with van der Waals surface area (Å²) in [5.41, 5.74) is 1.04. The highest BCUT2D eigenvalue weighted by molar-refractivity contribution is 7.13. The summed E-state index contributed by atoms with van der Waals surface area (Å²) >= 11 is 1.46. The van der Waals surface area contributed by atoms with Crippen LogP contribution in [0.15, 0.2) is 30.7 Å². The largest absolute Gasteiger partial charge is 0.344 e. The Balaban J connectivity index is 2.12. The molecule has 2 heterocycles. The Morgan fingerprint density at radius 3 is 2.52 bits per heavy atom. The average Bonchev–Trinajstić information content (AvgIpc) is 2.95. The first-order valence-corrected chi connectivity index (χ1v) is 7.90. The second kappa shape index (κ2) is 6.35. The second-order valence-electron chi connectivity index (χ2n) is 5.99. The first-order valence-electron chi connectivity index (χ1n) is 7.09. The number of carbonyl (C=O) groups is 1. The first-order chi connectivity index (χ1) is 9.91. The minimum Gasteiger partial charge on any atom is -0.344 e. The van der Waals surface area contributed by atoms with Crippen LogP contribution in [0.5, 0.6) is 0 Å². The molecule has 2 rings (SSSR count). The number of rotatable bonds is 4. The molecule has 1 N–H and O–H groups in total. The van der Waals surface area contributed by atoms with Crippen LogP contribution < -0.4 is 5.32 Å². The molecule has 0 spiro atoms. The average molecular weight is 303 g/mol.